The molecule has 1 aliphatic carbocycles. The van der Waals surface area contributed by atoms with E-state index in [9.17, 15) is 0 Å². The summed E-state index contributed by atoms with van der Waals surface area (Å²) in [7, 11) is 0. The van der Waals surface area contributed by atoms with Crippen molar-refractivity contribution in [3.05, 3.63) is 0 Å². The van der Waals surface area contributed by atoms with E-state index in [4.69, 9.17) is 10.5 Å². The van der Waals surface area contributed by atoms with E-state index < -0.39 is 0 Å². The molecule has 0 unspecified atom stereocenters. The lowest BCUT2D eigenvalue weighted by atomic mass is 9.62. The summed E-state index contributed by atoms with van der Waals surface area (Å²) in [6, 6.07) is 4.35. The summed E-state index contributed by atoms with van der Waals surface area (Å²) < 4.78 is 0. The highest BCUT2D eigenvalue weighted by Gasteiger charge is 2.39. The summed E-state index contributed by atoms with van der Waals surface area (Å²) in [6.45, 7) is 2.07. The molecule has 2 heteroatoms. The molecule has 0 aliphatic heterocycles. The van der Waals surface area contributed by atoms with Crippen LogP contribution in [0.3, 0.4) is 0 Å². The molecule has 0 N–H and O–H groups in total. The highest BCUT2D eigenvalue weighted by atomic mass is 14.5. The van der Waals surface area contributed by atoms with E-state index in [0.29, 0.717) is 6.42 Å². The third-order valence-corrected chi connectivity index (χ3v) is 2.17. The minimum Gasteiger partial charge on any atom is -0.198 e. The third-order valence-electron chi connectivity index (χ3n) is 2.17. The van der Waals surface area contributed by atoms with E-state index >= 15 is 0 Å². The van der Waals surface area contributed by atoms with Crippen LogP contribution in [0.15, 0.2) is 0 Å². The van der Waals surface area contributed by atoms with Crippen molar-refractivity contribution >= 4 is 0 Å². The van der Waals surface area contributed by atoms with Crippen LogP contribution in [0.2, 0.25) is 0 Å². The second-order valence-corrected chi connectivity index (χ2v) is 3.38. The maximum absolute atomic E-state index is 8.45. The molecule has 0 radical (unpaired) electrons. The van der Waals surface area contributed by atoms with E-state index in [2.05, 4.69) is 19.1 Å². The minimum atomic E-state index is 0.162. The van der Waals surface area contributed by atoms with Gasteiger partial charge in [0.15, 0.2) is 0 Å². The highest BCUT2D eigenvalue weighted by molar-refractivity contribution is 5.03. The Morgan fingerprint density at radius 1 is 1.50 bits per heavy atom. The predicted molar refractivity (Wildman–Crippen MR) is 36.7 cm³/mol. The molecular weight excluding hydrogens is 124 g/mol. The van der Waals surface area contributed by atoms with Crippen LogP contribution in [0.5, 0.6) is 0 Å². The maximum Gasteiger partial charge on any atom is 0.0656 e. The lowest BCUT2D eigenvalue weighted by Gasteiger charge is -2.40. The largest absolute Gasteiger partial charge is 0.198 e. The fourth-order valence-electron chi connectivity index (χ4n) is 1.56. The summed E-state index contributed by atoms with van der Waals surface area (Å²) in [5, 5.41) is 16.8. The first-order chi connectivity index (χ1) is 4.70. The second-order valence-electron chi connectivity index (χ2n) is 3.38. The first-order valence-corrected chi connectivity index (χ1v) is 3.47. The van der Waals surface area contributed by atoms with Gasteiger partial charge < -0.3 is 0 Å². The quantitative estimate of drug-likeness (QED) is 0.549. The van der Waals surface area contributed by atoms with Gasteiger partial charge in [-0.25, -0.2) is 0 Å². The minimum absolute atomic E-state index is 0.162. The van der Waals surface area contributed by atoms with Gasteiger partial charge in [0.2, 0.25) is 0 Å². The highest BCUT2D eigenvalue weighted by Crippen LogP contribution is 2.47. The zero-order chi connectivity index (χ0) is 7.61. The van der Waals surface area contributed by atoms with Crippen LogP contribution in [-0.4, -0.2) is 0 Å². The van der Waals surface area contributed by atoms with E-state index in [0.717, 1.165) is 12.8 Å². The molecule has 1 aliphatic rings. The predicted octanol–water partition coefficient (Wildman–Crippen LogP) is 1.84. The van der Waals surface area contributed by atoms with Crippen molar-refractivity contribution in [1.82, 2.24) is 0 Å². The maximum atomic E-state index is 8.45. The van der Waals surface area contributed by atoms with Crippen LogP contribution in [0.4, 0.5) is 0 Å². The topological polar surface area (TPSA) is 47.6 Å². The third kappa shape index (κ3) is 1.11. The number of rotatable bonds is 1. The number of hydrogen-bond donors (Lipinski definition) is 0. The average Bonchev–Trinajstić information content (AvgIpc) is 1.83. The molecule has 1 fully saturated rings. The fraction of sp³-hybridized carbons (Fsp3) is 0.750. The normalized spacial score (nSPS) is 37.3. The van der Waals surface area contributed by atoms with Gasteiger partial charge in [0.05, 0.1) is 12.1 Å². The van der Waals surface area contributed by atoms with E-state index in [-0.39, 0.29) is 11.3 Å². The lowest BCUT2D eigenvalue weighted by Crippen LogP contribution is -2.33. The molecule has 2 nitrogen and oxygen atoms in total. The Kier molecular flexibility index (Phi) is 1.64. The van der Waals surface area contributed by atoms with Gasteiger partial charge in [0.25, 0.3) is 0 Å². The Labute approximate surface area is 61.1 Å². The molecule has 0 aromatic heterocycles. The molecule has 0 heterocycles. The van der Waals surface area contributed by atoms with Crippen molar-refractivity contribution in [2.45, 2.75) is 26.2 Å². The monoisotopic (exact) mass is 134 g/mol. The molecule has 1 rings (SSSR count). The number of nitrogens with zero attached hydrogens (tertiary/aromatic N) is 2. The zero-order valence-electron chi connectivity index (χ0n) is 6.09. The van der Waals surface area contributed by atoms with E-state index in [1.54, 1.807) is 0 Å². The summed E-state index contributed by atoms with van der Waals surface area (Å²) in [5.41, 5.74) is 0.162. The van der Waals surface area contributed by atoms with Gasteiger partial charge in [0.1, 0.15) is 0 Å². The molecule has 0 aromatic rings. The van der Waals surface area contributed by atoms with Crippen LogP contribution in [0.25, 0.3) is 0 Å². The van der Waals surface area contributed by atoms with Gasteiger partial charge in [-0.3, -0.25) is 0 Å². The Hall–Kier alpha value is -1.02. The van der Waals surface area contributed by atoms with Gasteiger partial charge in [0, 0.05) is 12.3 Å². The Morgan fingerprint density at radius 2 is 2.10 bits per heavy atom. The molecule has 0 saturated heterocycles. The second kappa shape index (κ2) is 2.31. The van der Waals surface area contributed by atoms with Crippen molar-refractivity contribution < 1.29 is 0 Å². The first-order valence-electron chi connectivity index (χ1n) is 3.47. The fourth-order valence-corrected chi connectivity index (χ4v) is 1.56. The van der Waals surface area contributed by atoms with Gasteiger partial charge >= 0.3 is 0 Å². The summed E-state index contributed by atoms with van der Waals surface area (Å²) >= 11 is 0. The van der Waals surface area contributed by atoms with Gasteiger partial charge in [-0.15, -0.1) is 0 Å². The number of nitriles is 2. The zero-order valence-corrected chi connectivity index (χ0v) is 6.09. The van der Waals surface area contributed by atoms with Gasteiger partial charge in [-0.2, -0.15) is 10.5 Å². The Bertz CT molecular complexity index is 200. The summed E-state index contributed by atoms with van der Waals surface area (Å²) in [4.78, 5) is 0. The standard InChI is InChI=1S/C8H10N2/c1-8(2-3-9)4-7(5-8)6-10/h7H,2,4-5H2,1H3. The molecule has 0 atom stereocenters. The van der Waals surface area contributed by atoms with Gasteiger partial charge in [-0.05, 0) is 18.3 Å². The van der Waals surface area contributed by atoms with Crippen LogP contribution >= 0.6 is 0 Å². The SMILES string of the molecule is CC1(CC#N)CC(C#N)C1. The van der Waals surface area contributed by atoms with Gasteiger partial charge in [-0.1, -0.05) is 6.92 Å². The molecular formula is C8H10N2. The van der Waals surface area contributed by atoms with Crippen molar-refractivity contribution in [2.75, 3.05) is 0 Å². The number of hydrogen-bond acceptors (Lipinski definition) is 2. The molecule has 0 bridgehead atoms. The van der Waals surface area contributed by atoms with Crippen LogP contribution in [0.1, 0.15) is 26.2 Å². The van der Waals surface area contributed by atoms with Crippen LogP contribution in [-0.2, 0) is 0 Å². The van der Waals surface area contributed by atoms with Crippen LogP contribution in [0, 0.1) is 34.0 Å². The smallest absolute Gasteiger partial charge is 0.0656 e. The lowest BCUT2D eigenvalue weighted by molar-refractivity contribution is 0.117. The van der Waals surface area contributed by atoms with Crippen molar-refractivity contribution in [3.8, 4) is 12.1 Å². The first kappa shape index (κ1) is 7.09. The van der Waals surface area contributed by atoms with Crippen LogP contribution < -0.4 is 0 Å². The molecule has 0 aromatic carbocycles. The van der Waals surface area contributed by atoms with E-state index in [1.807, 2.05) is 0 Å². The summed E-state index contributed by atoms with van der Waals surface area (Å²) in [6.07, 6.45) is 2.43. The van der Waals surface area contributed by atoms with E-state index in [1.165, 1.54) is 0 Å². The summed E-state index contributed by atoms with van der Waals surface area (Å²) in [5.74, 6) is 0.221. The Balaban J connectivity index is 2.38. The molecule has 1 saturated carbocycles. The Morgan fingerprint density at radius 3 is 2.50 bits per heavy atom. The molecule has 10 heavy (non-hydrogen) atoms. The average molecular weight is 134 g/mol. The van der Waals surface area contributed by atoms with Crippen molar-refractivity contribution in [2.24, 2.45) is 11.3 Å². The molecule has 0 spiro atoms. The molecule has 0 amide bonds. The van der Waals surface area contributed by atoms with Crippen molar-refractivity contribution in [1.29, 1.82) is 10.5 Å². The van der Waals surface area contributed by atoms with Crippen molar-refractivity contribution in [3.63, 3.8) is 0 Å². The molecule has 52 valence electrons.